The smallest absolute Gasteiger partial charge is 0.263 e. The lowest BCUT2D eigenvalue weighted by Crippen LogP contribution is -2.03. The van der Waals surface area contributed by atoms with Crippen molar-refractivity contribution in [1.29, 1.82) is 0 Å². The summed E-state index contributed by atoms with van der Waals surface area (Å²) in [5.74, 6) is 0. The molecule has 0 amide bonds. The molecule has 0 atom stereocenters. The number of alkyl halides is 2. The highest BCUT2D eigenvalue weighted by Gasteiger charge is 2.09. The van der Waals surface area contributed by atoms with Gasteiger partial charge in [0.25, 0.3) is 6.43 Å². The maximum Gasteiger partial charge on any atom is 0.263 e. The van der Waals surface area contributed by atoms with Gasteiger partial charge in [-0.3, -0.25) is 0 Å². The van der Waals surface area contributed by atoms with Crippen LogP contribution in [0.15, 0.2) is 35.1 Å². The summed E-state index contributed by atoms with van der Waals surface area (Å²) in [6.45, 7) is 0.425. The van der Waals surface area contributed by atoms with Gasteiger partial charge in [-0.2, -0.15) is 0 Å². The summed E-state index contributed by atoms with van der Waals surface area (Å²) in [4.78, 5) is 0. The number of benzene rings is 1. The number of hydrogen-bond donors (Lipinski definition) is 2. The molecule has 3 N–H and O–H groups in total. The second-order valence-electron chi connectivity index (χ2n) is 3.49. The molecule has 2 rings (SSSR count). The van der Waals surface area contributed by atoms with E-state index in [1.54, 1.807) is 6.07 Å². The topological polar surface area (TPSA) is 64.1 Å². The van der Waals surface area contributed by atoms with E-state index in [0.717, 1.165) is 0 Å². The quantitative estimate of drug-likeness (QED) is 0.805. The van der Waals surface area contributed by atoms with Crippen molar-refractivity contribution in [2.45, 2.75) is 13.0 Å². The first kappa shape index (κ1) is 11.4. The number of nitrogens with zero attached hydrogens (tertiary/aromatic N) is 1. The van der Waals surface area contributed by atoms with Crippen LogP contribution >= 0.6 is 0 Å². The molecule has 0 saturated heterocycles. The zero-order valence-electron chi connectivity index (χ0n) is 8.86. The molecular formula is C11H11F2N3O. The molecule has 0 spiro atoms. The minimum Gasteiger partial charge on any atom is -0.397 e. The highest BCUT2D eigenvalue weighted by Crippen LogP contribution is 2.26. The molecule has 1 heterocycles. The fraction of sp³-hybridized carbons (Fsp3) is 0.182. The first-order valence-electron chi connectivity index (χ1n) is 4.97. The van der Waals surface area contributed by atoms with Gasteiger partial charge in [0.05, 0.1) is 17.9 Å². The zero-order chi connectivity index (χ0) is 12.3. The number of nitrogens with one attached hydrogen (secondary N) is 1. The number of rotatable bonds is 4. The third-order valence-electron chi connectivity index (χ3n) is 2.28. The van der Waals surface area contributed by atoms with E-state index in [9.17, 15) is 8.78 Å². The van der Waals surface area contributed by atoms with Crippen molar-refractivity contribution in [3.63, 3.8) is 0 Å². The Kier molecular flexibility index (Phi) is 3.22. The van der Waals surface area contributed by atoms with E-state index >= 15 is 0 Å². The van der Waals surface area contributed by atoms with Gasteiger partial charge in [0.2, 0.25) is 0 Å². The average Bonchev–Trinajstić information content (AvgIpc) is 2.80. The Hall–Kier alpha value is -2.11. The van der Waals surface area contributed by atoms with Crippen molar-refractivity contribution < 1.29 is 13.3 Å². The Morgan fingerprint density at radius 3 is 2.76 bits per heavy atom. The Morgan fingerprint density at radius 2 is 2.18 bits per heavy atom. The molecule has 0 unspecified atom stereocenters. The third kappa shape index (κ3) is 2.72. The van der Waals surface area contributed by atoms with Gasteiger partial charge >= 0.3 is 0 Å². The van der Waals surface area contributed by atoms with Crippen molar-refractivity contribution in [1.82, 2.24) is 5.16 Å². The number of anilines is 2. The van der Waals surface area contributed by atoms with E-state index in [1.165, 1.54) is 24.5 Å². The number of aromatic nitrogens is 1. The Morgan fingerprint density at radius 1 is 1.35 bits per heavy atom. The van der Waals surface area contributed by atoms with Crippen molar-refractivity contribution in [2.24, 2.45) is 0 Å². The molecule has 6 heteroatoms. The van der Waals surface area contributed by atoms with E-state index in [1.807, 2.05) is 0 Å². The van der Waals surface area contributed by atoms with Gasteiger partial charge in [-0.1, -0.05) is 11.2 Å². The molecule has 0 saturated carbocycles. The minimum absolute atomic E-state index is 0.0884. The van der Waals surface area contributed by atoms with Crippen LogP contribution in [-0.4, -0.2) is 5.16 Å². The number of halogens is 2. The fourth-order valence-electron chi connectivity index (χ4n) is 1.39. The van der Waals surface area contributed by atoms with Gasteiger partial charge in [-0.05, 0) is 12.1 Å². The molecule has 0 bridgehead atoms. The molecule has 0 aliphatic heterocycles. The predicted molar refractivity (Wildman–Crippen MR) is 59.6 cm³/mol. The van der Waals surface area contributed by atoms with Crippen LogP contribution in [0.1, 0.15) is 17.7 Å². The highest BCUT2D eigenvalue weighted by molar-refractivity contribution is 5.67. The fourth-order valence-corrected chi connectivity index (χ4v) is 1.39. The molecule has 0 fully saturated rings. The lowest BCUT2D eigenvalue weighted by molar-refractivity contribution is 0.151. The van der Waals surface area contributed by atoms with E-state index in [2.05, 4.69) is 15.0 Å². The average molecular weight is 239 g/mol. The van der Waals surface area contributed by atoms with E-state index in [-0.39, 0.29) is 11.3 Å². The van der Waals surface area contributed by atoms with Crippen LogP contribution in [0.3, 0.4) is 0 Å². The van der Waals surface area contributed by atoms with Gasteiger partial charge in [-0.15, -0.1) is 0 Å². The second kappa shape index (κ2) is 4.82. The van der Waals surface area contributed by atoms with Crippen molar-refractivity contribution in [3.8, 4) is 0 Å². The normalized spacial score (nSPS) is 10.8. The van der Waals surface area contributed by atoms with Crippen LogP contribution in [-0.2, 0) is 6.54 Å². The Bertz CT molecular complexity index is 485. The number of hydrogen-bond acceptors (Lipinski definition) is 4. The molecule has 0 radical (unpaired) electrons. The first-order chi connectivity index (χ1) is 8.16. The third-order valence-corrected chi connectivity index (χ3v) is 2.28. The maximum atomic E-state index is 12.4. The van der Waals surface area contributed by atoms with Crippen LogP contribution in [0.2, 0.25) is 0 Å². The number of nitrogen functional groups attached to an aromatic ring is 1. The van der Waals surface area contributed by atoms with Gasteiger partial charge in [0, 0.05) is 11.6 Å². The maximum absolute atomic E-state index is 12.4. The van der Waals surface area contributed by atoms with Gasteiger partial charge in [-0.25, -0.2) is 8.78 Å². The summed E-state index contributed by atoms with van der Waals surface area (Å²) in [6.07, 6.45) is -1.05. The molecule has 0 aliphatic carbocycles. The van der Waals surface area contributed by atoms with Crippen LogP contribution in [0.5, 0.6) is 0 Å². The highest BCUT2D eigenvalue weighted by atomic mass is 19.3. The van der Waals surface area contributed by atoms with Crippen LogP contribution in [0, 0.1) is 0 Å². The minimum atomic E-state index is -2.51. The Balaban J connectivity index is 2.06. The van der Waals surface area contributed by atoms with E-state index in [4.69, 9.17) is 5.73 Å². The van der Waals surface area contributed by atoms with E-state index in [0.29, 0.717) is 17.9 Å². The van der Waals surface area contributed by atoms with Crippen LogP contribution < -0.4 is 11.1 Å². The molecular weight excluding hydrogens is 228 g/mol. The first-order valence-corrected chi connectivity index (χ1v) is 4.97. The van der Waals surface area contributed by atoms with Gasteiger partial charge in [0.1, 0.15) is 12.0 Å². The lowest BCUT2D eigenvalue weighted by atomic mass is 10.2. The van der Waals surface area contributed by atoms with Crippen molar-refractivity contribution in [2.75, 3.05) is 11.1 Å². The zero-order valence-corrected chi connectivity index (χ0v) is 8.86. The standard InChI is InChI=1S/C11H11F2N3O/c12-11(13)7-1-2-10(9(14)5-7)15-6-8-3-4-17-16-8/h1-5,11,15H,6,14H2. The monoisotopic (exact) mass is 239 g/mol. The molecule has 17 heavy (non-hydrogen) atoms. The van der Waals surface area contributed by atoms with Crippen molar-refractivity contribution >= 4 is 11.4 Å². The predicted octanol–water partition coefficient (Wildman–Crippen LogP) is 2.81. The SMILES string of the molecule is Nc1cc(C(F)F)ccc1NCc1ccon1. The number of nitrogens with two attached hydrogens (primary N) is 1. The molecule has 0 aliphatic rings. The second-order valence-corrected chi connectivity index (χ2v) is 3.49. The van der Waals surface area contributed by atoms with Gasteiger partial charge in [0.15, 0.2) is 0 Å². The van der Waals surface area contributed by atoms with Crippen molar-refractivity contribution in [3.05, 3.63) is 41.8 Å². The molecule has 2 aromatic rings. The molecule has 1 aromatic heterocycles. The summed E-state index contributed by atoms with van der Waals surface area (Å²) in [5.41, 5.74) is 7.16. The molecule has 4 nitrogen and oxygen atoms in total. The van der Waals surface area contributed by atoms with E-state index < -0.39 is 6.43 Å². The summed E-state index contributed by atoms with van der Waals surface area (Å²) in [6, 6.07) is 5.83. The molecule has 1 aromatic carbocycles. The molecule has 90 valence electrons. The lowest BCUT2D eigenvalue weighted by Gasteiger charge is -2.09. The van der Waals surface area contributed by atoms with Crippen LogP contribution in [0.4, 0.5) is 20.2 Å². The summed E-state index contributed by atoms with van der Waals surface area (Å²) in [5, 5.41) is 6.70. The summed E-state index contributed by atoms with van der Waals surface area (Å²) < 4.78 is 29.4. The largest absolute Gasteiger partial charge is 0.397 e. The Labute approximate surface area is 96.4 Å². The van der Waals surface area contributed by atoms with Gasteiger partial charge < -0.3 is 15.6 Å². The summed E-state index contributed by atoms with van der Waals surface area (Å²) >= 11 is 0. The van der Waals surface area contributed by atoms with Crippen LogP contribution in [0.25, 0.3) is 0 Å². The summed E-state index contributed by atoms with van der Waals surface area (Å²) in [7, 11) is 0.